The van der Waals surface area contributed by atoms with Gasteiger partial charge in [-0.05, 0) is 0 Å². The molecule has 0 unspecified atom stereocenters. The minimum Gasteiger partial charge on any atom is -0.464 e. The van der Waals surface area contributed by atoms with E-state index in [-0.39, 0.29) is 0 Å². The number of nitrogens with zero attached hydrogens (tertiary/aromatic N) is 3. The molecule has 13 heavy (non-hydrogen) atoms. The number of anilines is 2. The first-order valence-electron chi connectivity index (χ1n) is 3.59. The van der Waals surface area contributed by atoms with Gasteiger partial charge in [-0.2, -0.15) is 0 Å². The van der Waals surface area contributed by atoms with E-state index < -0.39 is 6.09 Å². The van der Waals surface area contributed by atoms with Crippen LogP contribution in [0.15, 0.2) is 12.5 Å². The maximum Gasteiger partial charge on any atom is 0.426 e. The zero-order valence-corrected chi connectivity index (χ0v) is 6.56. The molecular weight excluding hydrogens is 174 g/mol. The molecule has 1 amide bonds. The van der Waals surface area contributed by atoms with Gasteiger partial charge >= 0.3 is 6.09 Å². The number of amides is 1. The van der Waals surface area contributed by atoms with Gasteiger partial charge in [0.2, 0.25) is 0 Å². The van der Waals surface area contributed by atoms with Crippen LogP contribution in [0.4, 0.5) is 16.3 Å². The molecule has 1 aromatic heterocycles. The molecule has 0 saturated heterocycles. The van der Waals surface area contributed by atoms with Crippen LogP contribution in [0.2, 0.25) is 0 Å². The fourth-order valence-corrected chi connectivity index (χ4v) is 1.08. The fourth-order valence-electron chi connectivity index (χ4n) is 1.08. The van der Waals surface area contributed by atoms with Crippen LogP contribution < -0.4 is 15.8 Å². The summed E-state index contributed by atoms with van der Waals surface area (Å²) in [5.74, 6) is 0.510. The maximum atomic E-state index is 10.7. The average molecular weight is 181 g/mol. The van der Waals surface area contributed by atoms with Crippen LogP contribution >= 0.6 is 0 Å². The fraction of sp³-hybridized carbons (Fsp3) is 0.167. The summed E-state index contributed by atoms with van der Waals surface area (Å²) in [6.07, 6.45) is 1.70. The lowest BCUT2D eigenvalue weighted by Gasteiger charge is -2.26. The van der Waals surface area contributed by atoms with Crippen LogP contribution in [0.3, 0.4) is 0 Å². The van der Waals surface area contributed by atoms with Gasteiger partial charge in [0.05, 0.1) is 12.9 Å². The predicted molar refractivity (Wildman–Crippen MR) is 44.2 cm³/mol. The summed E-state index contributed by atoms with van der Waals surface area (Å²) in [5.41, 5.74) is 3.02. The van der Waals surface area contributed by atoms with Gasteiger partial charge < -0.3 is 10.4 Å². The summed E-state index contributed by atoms with van der Waals surface area (Å²) in [7, 11) is 0. The molecule has 0 spiro atoms. The maximum absolute atomic E-state index is 10.7. The van der Waals surface area contributed by atoms with E-state index in [1.165, 1.54) is 12.5 Å². The van der Waals surface area contributed by atoms with Crippen molar-refractivity contribution in [3.8, 4) is 0 Å². The molecular formula is C6H7N5O2. The Kier molecular flexibility index (Phi) is 1.71. The Bertz CT molecular complexity index is 342. The van der Waals surface area contributed by atoms with Crippen molar-refractivity contribution in [3.05, 3.63) is 12.5 Å². The molecule has 0 atom stereocenters. The smallest absolute Gasteiger partial charge is 0.426 e. The normalized spacial score (nSPS) is 14.6. The summed E-state index contributed by atoms with van der Waals surface area (Å²) in [6, 6.07) is 0. The summed E-state index contributed by atoms with van der Waals surface area (Å²) < 4.78 is 0. The molecule has 0 fully saturated rings. The number of carbonyl (C=O) groups is 1. The van der Waals surface area contributed by atoms with Crippen LogP contribution in [-0.4, -0.2) is 27.8 Å². The molecule has 0 radical (unpaired) electrons. The molecule has 2 heterocycles. The second-order valence-electron chi connectivity index (χ2n) is 2.39. The molecule has 7 heteroatoms. The van der Waals surface area contributed by atoms with Gasteiger partial charge in [0, 0.05) is 0 Å². The Morgan fingerprint density at radius 3 is 3.31 bits per heavy atom. The number of aromatic nitrogens is 2. The quantitative estimate of drug-likeness (QED) is 0.515. The van der Waals surface area contributed by atoms with Crippen molar-refractivity contribution in [2.24, 2.45) is 0 Å². The van der Waals surface area contributed by atoms with Gasteiger partial charge in [0.1, 0.15) is 12.0 Å². The molecule has 0 aliphatic carbocycles. The molecule has 1 aliphatic heterocycles. The zero-order valence-electron chi connectivity index (χ0n) is 6.56. The molecule has 1 aliphatic rings. The Balaban J connectivity index is 2.42. The summed E-state index contributed by atoms with van der Waals surface area (Å²) in [6.45, 7) is 0.330. The van der Waals surface area contributed by atoms with Crippen LogP contribution in [0, 0.1) is 0 Å². The number of hydrogen-bond donors (Lipinski definition) is 3. The lowest BCUT2D eigenvalue weighted by molar-refractivity contribution is 0.198. The van der Waals surface area contributed by atoms with Crippen molar-refractivity contribution >= 4 is 17.6 Å². The van der Waals surface area contributed by atoms with Crippen LogP contribution in [0.1, 0.15) is 0 Å². The lowest BCUT2D eigenvalue weighted by atomic mass is 10.4. The van der Waals surface area contributed by atoms with E-state index in [0.717, 1.165) is 5.01 Å². The van der Waals surface area contributed by atoms with Gasteiger partial charge in [0.15, 0.2) is 5.82 Å². The predicted octanol–water partition coefficient (Wildman–Crippen LogP) is -0.151. The SMILES string of the molecule is O=C(O)N1NCNc2ncncc21. The van der Waals surface area contributed by atoms with Crippen molar-refractivity contribution in [2.45, 2.75) is 0 Å². The van der Waals surface area contributed by atoms with E-state index in [1.54, 1.807) is 0 Å². The second kappa shape index (κ2) is 2.87. The van der Waals surface area contributed by atoms with E-state index in [2.05, 4.69) is 20.7 Å². The first-order chi connectivity index (χ1) is 6.29. The Hall–Kier alpha value is -1.89. The van der Waals surface area contributed by atoms with Gasteiger partial charge in [-0.1, -0.05) is 0 Å². The summed E-state index contributed by atoms with van der Waals surface area (Å²) in [4.78, 5) is 18.3. The first-order valence-corrected chi connectivity index (χ1v) is 3.59. The van der Waals surface area contributed by atoms with Gasteiger partial charge in [0.25, 0.3) is 0 Å². The number of fused-ring (bicyclic) bond motifs is 1. The topological polar surface area (TPSA) is 90.4 Å². The molecule has 0 bridgehead atoms. The summed E-state index contributed by atoms with van der Waals surface area (Å²) in [5, 5.41) is 12.6. The van der Waals surface area contributed by atoms with E-state index >= 15 is 0 Å². The highest BCUT2D eigenvalue weighted by Gasteiger charge is 2.22. The molecule has 2 rings (SSSR count). The molecule has 7 nitrogen and oxygen atoms in total. The standard InChI is InChI=1S/C6H7N5O2/c12-6(13)11-4-1-7-2-8-5(4)9-3-10-11/h1-2,10H,3H2,(H,12,13)(H,7,8,9). The van der Waals surface area contributed by atoms with E-state index in [0.29, 0.717) is 18.2 Å². The van der Waals surface area contributed by atoms with Crippen LogP contribution in [0.25, 0.3) is 0 Å². The van der Waals surface area contributed by atoms with Crippen molar-refractivity contribution < 1.29 is 9.90 Å². The Labute approximate surface area is 73.4 Å². The number of hydrogen-bond acceptors (Lipinski definition) is 5. The highest BCUT2D eigenvalue weighted by Crippen LogP contribution is 2.22. The van der Waals surface area contributed by atoms with E-state index in [9.17, 15) is 4.79 Å². The summed E-state index contributed by atoms with van der Waals surface area (Å²) >= 11 is 0. The van der Waals surface area contributed by atoms with E-state index in [1.807, 2.05) is 0 Å². The number of carboxylic acid groups (broad SMARTS) is 1. The molecule has 3 N–H and O–H groups in total. The monoisotopic (exact) mass is 181 g/mol. The molecule has 68 valence electrons. The number of nitrogens with one attached hydrogen (secondary N) is 2. The minimum absolute atomic E-state index is 0.330. The minimum atomic E-state index is -1.09. The van der Waals surface area contributed by atoms with Crippen molar-refractivity contribution in [1.82, 2.24) is 15.4 Å². The van der Waals surface area contributed by atoms with Crippen molar-refractivity contribution in [2.75, 3.05) is 17.0 Å². The van der Waals surface area contributed by atoms with Crippen molar-refractivity contribution in [1.29, 1.82) is 0 Å². The molecule has 1 aromatic rings. The second-order valence-corrected chi connectivity index (χ2v) is 2.39. The van der Waals surface area contributed by atoms with Crippen LogP contribution in [0.5, 0.6) is 0 Å². The molecule has 0 aromatic carbocycles. The van der Waals surface area contributed by atoms with Gasteiger partial charge in [-0.3, -0.25) is 0 Å². The number of rotatable bonds is 0. The van der Waals surface area contributed by atoms with Crippen molar-refractivity contribution in [3.63, 3.8) is 0 Å². The molecule has 0 saturated carbocycles. The highest BCUT2D eigenvalue weighted by atomic mass is 16.4. The Morgan fingerprint density at radius 1 is 1.69 bits per heavy atom. The van der Waals surface area contributed by atoms with Gasteiger partial charge in [-0.15, -0.1) is 0 Å². The average Bonchev–Trinajstić information content (AvgIpc) is 2.17. The number of hydrazine groups is 1. The third-order valence-corrected chi connectivity index (χ3v) is 1.62. The third kappa shape index (κ3) is 1.25. The van der Waals surface area contributed by atoms with Crippen LogP contribution in [-0.2, 0) is 0 Å². The highest BCUT2D eigenvalue weighted by molar-refractivity contribution is 5.89. The third-order valence-electron chi connectivity index (χ3n) is 1.62. The Morgan fingerprint density at radius 2 is 2.54 bits per heavy atom. The van der Waals surface area contributed by atoms with Gasteiger partial charge in [-0.25, -0.2) is 25.2 Å². The van der Waals surface area contributed by atoms with E-state index in [4.69, 9.17) is 5.11 Å². The zero-order chi connectivity index (χ0) is 9.26. The first kappa shape index (κ1) is 7.74. The largest absolute Gasteiger partial charge is 0.464 e. The lowest BCUT2D eigenvalue weighted by Crippen LogP contribution is -2.48.